The van der Waals surface area contributed by atoms with Gasteiger partial charge in [0.15, 0.2) is 17.1 Å². The molecule has 0 aliphatic carbocycles. The van der Waals surface area contributed by atoms with Crippen LogP contribution in [0.5, 0.6) is 28.7 Å². The van der Waals surface area contributed by atoms with Gasteiger partial charge < -0.3 is 29.5 Å². The number of fused-ring (bicyclic) bond motifs is 3. The molecule has 1 aromatic rings. The molecule has 3 rings (SSSR count). The highest BCUT2D eigenvalue weighted by Gasteiger charge is 2.48. The largest absolute Gasteiger partial charge is 0.504 e. The Bertz CT molecular complexity index is 692. The molecule has 1 aromatic carbocycles. The Kier molecular flexibility index (Phi) is 2.57. The van der Waals surface area contributed by atoms with Gasteiger partial charge in [0.1, 0.15) is 0 Å². The molecule has 0 spiro atoms. The summed E-state index contributed by atoms with van der Waals surface area (Å²) in [6.45, 7) is 0. The number of aliphatic hydroxyl groups is 1. The summed E-state index contributed by atoms with van der Waals surface area (Å²) in [5, 5.41) is 29.8. The molecule has 3 N–H and O–H groups in total. The van der Waals surface area contributed by atoms with Crippen LogP contribution in [0.25, 0.3) is 0 Å². The van der Waals surface area contributed by atoms with Gasteiger partial charge >= 0.3 is 17.9 Å². The van der Waals surface area contributed by atoms with Crippen LogP contribution in [0.4, 0.5) is 0 Å². The van der Waals surface area contributed by atoms with Crippen molar-refractivity contribution in [2.75, 3.05) is 0 Å². The number of carbonyl (C=O) groups excluding carboxylic acids is 3. The van der Waals surface area contributed by atoms with Crippen molar-refractivity contribution in [1.29, 1.82) is 0 Å². The molecule has 1 unspecified atom stereocenters. The highest BCUT2D eigenvalue weighted by atomic mass is 16.6. The first-order valence-electron chi connectivity index (χ1n) is 5.75. The third-order valence-electron chi connectivity index (χ3n) is 3.04. The van der Waals surface area contributed by atoms with Crippen LogP contribution >= 0.6 is 0 Å². The Balaban J connectivity index is 2.32. The van der Waals surface area contributed by atoms with E-state index in [1.165, 1.54) is 0 Å². The van der Waals surface area contributed by atoms with Crippen LogP contribution in [0.3, 0.4) is 0 Å². The predicted octanol–water partition coefficient (Wildman–Crippen LogP) is -0.648. The van der Waals surface area contributed by atoms with E-state index in [9.17, 15) is 29.7 Å². The molecular weight excluding hydrogens is 288 g/mol. The first-order valence-corrected chi connectivity index (χ1v) is 5.75. The second-order valence-electron chi connectivity index (χ2n) is 4.62. The summed E-state index contributed by atoms with van der Waals surface area (Å²) in [4.78, 5) is 35.3. The molecule has 2 aliphatic heterocycles. The van der Waals surface area contributed by atoms with Gasteiger partial charge in [0.25, 0.3) is 0 Å². The number of carbonyl (C=O) groups is 3. The van der Waals surface area contributed by atoms with Gasteiger partial charge in [0, 0.05) is 6.07 Å². The van der Waals surface area contributed by atoms with E-state index >= 15 is 0 Å². The number of esters is 3. The SMILES string of the molecule is O=C1CC2(O)CC(=O)Oc3c(O)cc(c(O)c3OC2=O)O1. The lowest BCUT2D eigenvalue weighted by Crippen LogP contribution is -2.47. The molecule has 1 atom stereocenters. The quantitative estimate of drug-likeness (QED) is 0.323. The zero-order valence-corrected chi connectivity index (χ0v) is 10.3. The molecular formula is C12H8O9. The number of phenolic OH excluding ortho intramolecular Hbond substituents is 2. The van der Waals surface area contributed by atoms with Gasteiger partial charge in [-0.3, -0.25) is 9.59 Å². The van der Waals surface area contributed by atoms with Crippen LogP contribution in [0.1, 0.15) is 12.8 Å². The minimum atomic E-state index is -2.49. The molecule has 9 nitrogen and oxygen atoms in total. The van der Waals surface area contributed by atoms with E-state index < -0.39 is 65.1 Å². The number of ether oxygens (including phenoxy) is 3. The van der Waals surface area contributed by atoms with Crippen LogP contribution in [-0.2, 0) is 14.4 Å². The molecule has 0 saturated heterocycles. The van der Waals surface area contributed by atoms with Crippen molar-refractivity contribution in [3.63, 3.8) is 0 Å². The second kappa shape index (κ2) is 4.09. The van der Waals surface area contributed by atoms with Gasteiger partial charge in [-0.05, 0) is 0 Å². The van der Waals surface area contributed by atoms with E-state index in [-0.39, 0.29) is 0 Å². The van der Waals surface area contributed by atoms with Crippen molar-refractivity contribution in [2.45, 2.75) is 18.4 Å². The van der Waals surface area contributed by atoms with E-state index in [1.54, 1.807) is 0 Å². The summed E-state index contributed by atoms with van der Waals surface area (Å²) in [5.74, 6) is -6.84. The average Bonchev–Trinajstić information content (AvgIpc) is 2.38. The molecule has 0 radical (unpaired) electrons. The minimum absolute atomic E-state index is 0.494. The molecule has 110 valence electrons. The fourth-order valence-corrected chi connectivity index (χ4v) is 2.05. The molecule has 0 saturated carbocycles. The number of benzene rings is 1. The highest BCUT2D eigenvalue weighted by molar-refractivity contribution is 5.95. The molecule has 21 heavy (non-hydrogen) atoms. The third-order valence-corrected chi connectivity index (χ3v) is 3.04. The number of aromatic hydroxyl groups is 2. The number of phenols is 2. The molecule has 0 fully saturated rings. The first kappa shape index (κ1) is 13.2. The number of rotatable bonds is 0. The Hall–Kier alpha value is -2.81. The van der Waals surface area contributed by atoms with Crippen LogP contribution in [-0.4, -0.2) is 38.8 Å². The summed E-state index contributed by atoms with van der Waals surface area (Å²) in [6, 6.07) is 0.822. The van der Waals surface area contributed by atoms with E-state index in [2.05, 4.69) is 0 Å². The van der Waals surface area contributed by atoms with Crippen molar-refractivity contribution in [1.82, 2.24) is 0 Å². The normalized spacial score (nSPS) is 24.1. The Morgan fingerprint density at radius 2 is 1.57 bits per heavy atom. The summed E-state index contributed by atoms with van der Waals surface area (Å²) < 4.78 is 14.3. The van der Waals surface area contributed by atoms with E-state index in [0.29, 0.717) is 0 Å². The lowest BCUT2D eigenvalue weighted by atomic mass is 9.95. The van der Waals surface area contributed by atoms with Crippen molar-refractivity contribution in [2.24, 2.45) is 0 Å². The lowest BCUT2D eigenvalue weighted by Gasteiger charge is -2.25. The number of hydrogen-bond acceptors (Lipinski definition) is 9. The Morgan fingerprint density at radius 1 is 0.952 bits per heavy atom. The van der Waals surface area contributed by atoms with Gasteiger partial charge in [0.2, 0.25) is 17.2 Å². The topological polar surface area (TPSA) is 140 Å². The van der Waals surface area contributed by atoms with Gasteiger partial charge in [0.05, 0.1) is 12.8 Å². The lowest BCUT2D eigenvalue weighted by molar-refractivity contribution is -0.168. The summed E-state index contributed by atoms with van der Waals surface area (Å²) in [5.41, 5.74) is -2.49. The van der Waals surface area contributed by atoms with Crippen molar-refractivity contribution in [3.05, 3.63) is 6.07 Å². The molecule has 0 aromatic heterocycles. The van der Waals surface area contributed by atoms with Crippen LogP contribution in [0.15, 0.2) is 6.07 Å². The van der Waals surface area contributed by atoms with Gasteiger partial charge in [-0.2, -0.15) is 0 Å². The Morgan fingerprint density at radius 3 is 2.24 bits per heavy atom. The van der Waals surface area contributed by atoms with Crippen molar-refractivity contribution in [3.8, 4) is 28.7 Å². The van der Waals surface area contributed by atoms with Crippen LogP contribution in [0.2, 0.25) is 0 Å². The maximum Gasteiger partial charge on any atom is 0.345 e. The predicted molar refractivity (Wildman–Crippen MR) is 60.9 cm³/mol. The maximum absolute atomic E-state index is 11.9. The summed E-state index contributed by atoms with van der Waals surface area (Å²) in [7, 11) is 0. The molecule has 3 bridgehead atoms. The van der Waals surface area contributed by atoms with Gasteiger partial charge in [-0.25, -0.2) is 4.79 Å². The molecule has 2 heterocycles. The number of hydrogen-bond donors (Lipinski definition) is 3. The van der Waals surface area contributed by atoms with Crippen LogP contribution < -0.4 is 14.2 Å². The first-order chi connectivity index (χ1) is 9.80. The minimum Gasteiger partial charge on any atom is -0.504 e. The standard InChI is InChI=1S/C12H8O9/c13-4-1-5-8(16)10-9(4)20-7(15)3-12(18,11(17)21-10)2-6(14)19-5/h1,13,16,18H,2-3H2. The Labute approximate surface area is 116 Å². The van der Waals surface area contributed by atoms with Gasteiger partial charge in [-0.1, -0.05) is 0 Å². The zero-order chi connectivity index (χ0) is 15.4. The molecule has 9 heteroatoms. The third kappa shape index (κ3) is 1.94. The fourth-order valence-electron chi connectivity index (χ4n) is 2.05. The van der Waals surface area contributed by atoms with Gasteiger partial charge in [-0.15, -0.1) is 0 Å². The fraction of sp³-hybridized carbons (Fsp3) is 0.250. The van der Waals surface area contributed by atoms with Crippen molar-refractivity contribution >= 4 is 17.9 Å². The van der Waals surface area contributed by atoms with E-state index in [4.69, 9.17) is 14.2 Å². The van der Waals surface area contributed by atoms with E-state index in [1.807, 2.05) is 0 Å². The molecule has 2 aliphatic rings. The van der Waals surface area contributed by atoms with Crippen LogP contribution in [0, 0.1) is 0 Å². The summed E-state index contributed by atoms with van der Waals surface area (Å²) in [6.07, 6.45) is -1.75. The van der Waals surface area contributed by atoms with Crippen molar-refractivity contribution < 1.29 is 43.9 Å². The zero-order valence-electron chi connectivity index (χ0n) is 10.3. The highest BCUT2D eigenvalue weighted by Crippen LogP contribution is 2.51. The van der Waals surface area contributed by atoms with E-state index in [0.717, 1.165) is 6.07 Å². The monoisotopic (exact) mass is 296 g/mol. The maximum atomic E-state index is 11.9. The smallest absolute Gasteiger partial charge is 0.345 e. The summed E-state index contributed by atoms with van der Waals surface area (Å²) >= 11 is 0. The second-order valence-corrected chi connectivity index (χ2v) is 4.62. The molecule has 0 amide bonds. The average molecular weight is 296 g/mol.